The van der Waals surface area contributed by atoms with E-state index in [1.54, 1.807) is 6.20 Å². The molecule has 0 saturated carbocycles. The summed E-state index contributed by atoms with van der Waals surface area (Å²) in [4.78, 5) is 12.1. The Labute approximate surface area is 122 Å². The third kappa shape index (κ3) is 4.34. The number of hydrogen-bond donors (Lipinski definition) is 1. The van der Waals surface area contributed by atoms with Crippen LogP contribution in [0.25, 0.3) is 0 Å². The maximum atomic E-state index is 5.86. The molecule has 2 aromatic heterocycles. The zero-order chi connectivity index (χ0) is 14.4. The van der Waals surface area contributed by atoms with Gasteiger partial charge >= 0.3 is 6.01 Å². The molecule has 1 atom stereocenters. The number of aromatic nitrogens is 5. The Morgan fingerprint density at radius 3 is 2.95 bits per heavy atom. The molecular formula is C12H17ClN6O. The zero-order valence-corrected chi connectivity index (χ0v) is 12.2. The van der Waals surface area contributed by atoms with E-state index < -0.39 is 0 Å². The van der Waals surface area contributed by atoms with E-state index in [9.17, 15) is 0 Å². The summed E-state index contributed by atoms with van der Waals surface area (Å²) in [5.74, 6) is 0.399. The van der Waals surface area contributed by atoms with Gasteiger partial charge in [-0.15, -0.1) is 0 Å². The highest BCUT2D eigenvalue weighted by Crippen LogP contribution is 2.12. The lowest BCUT2D eigenvalue weighted by atomic mass is 10.3. The van der Waals surface area contributed by atoms with E-state index in [0.29, 0.717) is 19.1 Å². The van der Waals surface area contributed by atoms with Crippen molar-refractivity contribution in [3.05, 3.63) is 23.7 Å². The number of anilines is 1. The van der Waals surface area contributed by atoms with Crippen LogP contribution in [-0.2, 0) is 6.54 Å². The molecule has 1 unspecified atom stereocenters. The van der Waals surface area contributed by atoms with Crippen LogP contribution in [0.2, 0.25) is 5.28 Å². The molecule has 0 amide bonds. The van der Waals surface area contributed by atoms with E-state index >= 15 is 0 Å². The van der Waals surface area contributed by atoms with E-state index in [4.69, 9.17) is 16.3 Å². The zero-order valence-electron chi connectivity index (χ0n) is 11.5. The molecule has 2 heterocycles. The monoisotopic (exact) mass is 296 g/mol. The Morgan fingerprint density at radius 2 is 2.25 bits per heavy atom. The fourth-order valence-corrected chi connectivity index (χ4v) is 1.76. The molecule has 0 aromatic carbocycles. The van der Waals surface area contributed by atoms with E-state index in [0.717, 1.165) is 6.42 Å². The SMILES string of the molecule is CCCOc1nc(Cl)nc(NC(C)Cn2cccn2)n1. The molecule has 0 aliphatic carbocycles. The summed E-state index contributed by atoms with van der Waals surface area (Å²) in [5, 5.41) is 7.41. The van der Waals surface area contributed by atoms with Gasteiger partial charge in [-0.25, -0.2) is 0 Å². The largest absolute Gasteiger partial charge is 0.463 e. The first kappa shape index (κ1) is 14.5. The number of hydrogen-bond acceptors (Lipinski definition) is 6. The van der Waals surface area contributed by atoms with Crippen LogP contribution in [0.5, 0.6) is 6.01 Å². The molecule has 7 nitrogen and oxygen atoms in total. The van der Waals surface area contributed by atoms with Gasteiger partial charge in [0.2, 0.25) is 11.2 Å². The first-order valence-electron chi connectivity index (χ1n) is 6.45. The van der Waals surface area contributed by atoms with Crippen LogP contribution in [0, 0.1) is 0 Å². The molecule has 0 radical (unpaired) electrons. The molecule has 2 rings (SSSR count). The molecule has 0 aliphatic heterocycles. The van der Waals surface area contributed by atoms with Gasteiger partial charge in [-0.3, -0.25) is 4.68 Å². The van der Waals surface area contributed by atoms with Crippen molar-refractivity contribution >= 4 is 17.5 Å². The standard InChI is InChI=1S/C12H17ClN6O/c1-3-7-20-12-17-10(13)16-11(18-12)15-9(2)8-19-6-4-5-14-19/h4-6,9H,3,7-8H2,1-2H3,(H,15,16,17,18). The summed E-state index contributed by atoms with van der Waals surface area (Å²) in [6, 6.07) is 2.21. The van der Waals surface area contributed by atoms with Gasteiger partial charge in [-0.05, 0) is 31.0 Å². The highest BCUT2D eigenvalue weighted by Gasteiger charge is 2.09. The van der Waals surface area contributed by atoms with E-state index in [-0.39, 0.29) is 17.3 Å². The molecule has 2 aromatic rings. The lowest BCUT2D eigenvalue weighted by Crippen LogP contribution is -2.23. The second kappa shape index (κ2) is 7.04. The average molecular weight is 297 g/mol. The molecule has 0 saturated heterocycles. The van der Waals surface area contributed by atoms with E-state index in [1.165, 1.54) is 0 Å². The van der Waals surface area contributed by atoms with E-state index in [1.807, 2.05) is 30.8 Å². The summed E-state index contributed by atoms with van der Waals surface area (Å²) in [6.45, 7) is 5.25. The highest BCUT2D eigenvalue weighted by atomic mass is 35.5. The van der Waals surface area contributed by atoms with Crippen LogP contribution < -0.4 is 10.1 Å². The van der Waals surface area contributed by atoms with Crippen LogP contribution in [0.4, 0.5) is 5.95 Å². The van der Waals surface area contributed by atoms with Crippen LogP contribution in [-0.4, -0.2) is 37.4 Å². The van der Waals surface area contributed by atoms with Crippen molar-refractivity contribution in [2.24, 2.45) is 0 Å². The topological polar surface area (TPSA) is 77.8 Å². The smallest absolute Gasteiger partial charge is 0.322 e. The quantitative estimate of drug-likeness (QED) is 0.842. The number of rotatable bonds is 7. The molecule has 0 fully saturated rings. The van der Waals surface area contributed by atoms with Crippen LogP contribution in [0.15, 0.2) is 18.5 Å². The Bertz CT molecular complexity index is 533. The summed E-state index contributed by atoms with van der Waals surface area (Å²) >= 11 is 5.86. The summed E-state index contributed by atoms with van der Waals surface area (Å²) in [7, 11) is 0. The summed E-state index contributed by atoms with van der Waals surface area (Å²) < 4.78 is 7.19. The molecule has 1 N–H and O–H groups in total. The second-order valence-corrected chi connectivity index (χ2v) is 4.67. The predicted octanol–water partition coefficient (Wildman–Crippen LogP) is 2.01. The van der Waals surface area contributed by atoms with Gasteiger partial charge in [0.25, 0.3) is 0 Å². The minimum atomic E-state index is 0.0902. The van der Waals surface area contributed by atoms with Gasteiger partial charge in [0.15, 0.2) is 0 Å². The fourth-order valence-electron chi connectivity index (χ4n) is 1.61. The van der Waals surface area contributed by atoms with Gasteiger partial charge in [-0.2, -0.15) is 20.1 Å². The fraction of sp³-hybridized carbons (Fsp3) is 0.500. The van der Waals surface area contributed by atoms with Crippen LogP contribution in [0.3, 0.4) is 0 Å². The maximum Gasteiger partial charge on any atom is 0.322 e. The van der Waals surface area contributed by atoms with Crippen LogP contribution >= 0.6 is 11.6 Å². The number of nitrogens with zero attached hydrogens (tertiary/aromatic N) is 5. The first-order valence-corrected chi connectivity index (χ1v) is 6.83. The van der Waals surface area contributed by atoms with Crippen molar-refractivity contribution in [1.29, 1.82) is 0 Å². The minimum absolute atomic E-state index is 0.0902. The predicted molar refractivity (Wildman–Crippen MR) is 75.9 cm³/mol. The number of nitrogens with one attached hydrogen (secondary N) is 1. The van der Waals surface area contributed by atoms with Crippen molar-refractivity contribution in [3.8, 4) is 6.01 Å². The maximum absolute atomic E-state index is 5.86. The first-order chi connectivity index (χ1) is 9.67. The van der Waals surface area contributed by atoms with Crippen molar-refractivity contribution in [2.75, 3.05) is 11.9 Å². The van der Waals surface area contributed by atoms with Gasteiger partial charge in [-0.1, -0.05) is 6.92 Å². The highest BCUT2D eigenvalue weighted by molar-refractivity contribution is 6.28. The van der Waals surface area contributed by atoms with Gasteiger partial charge in [0, 0.05) is 18.4 Å². The van der Waals surface area contributed by atoms with Crippen molar-refractivity contribution in [1.82, 2.24) is 24.7 Å². The number of ether oxygens (including phenoxy) is 1. The lowest BCUT2D eigenvalue weighted by Gasteiger charge is -2.14. The third-order valence-electron chi connectivity index (χ3n) is 2.42. The molecule has 8 heteroatoms. The Hall–Kier alpha value is -1.89. The molecule has 0 aliphatic rings. The minimum Gasteiger partial charge on any atom is -0.463 e. The summed E-state index contributed by atoms with van der Waals surface area (Å²) in [5.41, 5.74) is 0. The third-order valence-corrected chi connectivity index (χ3v) is 2.59. The number of halogens is 1. The van der Waals surface area contributed by atoms with Crippen LogP contribution in [0.1, 0.15) is 20.3 Å². The molecule has 20 heavy (non-hydrogen) atoms. The van der Waals surface area contributed by atoms with Crippen molar-refractivity contribution < 1.29 is 4.74 Å². The van der Waals surface area contributed by atoms with Gasteiger partial charge < -0.3 is 10.1 Å². The van der Waals surface area contributed by atoms with E-state index in [2.05, 4.69) is 25.4 Å². The molecule has 0 bridgehead atoms. The Morgan fingerprint density at radius 1 is 1.40 bits per heavy atom. The molecule has 0 spiro atoms. The Kier molecular flexibility index (Phi) is 5.11. The molecule has 108 valence electrons. The van der Waals surface area contributed by atoms with Crippen molar-refractivity contribution in [2.45, 2.75) is 32.9 Å². The van der Waals surface area contributed by atoms with Gasteiger partial charge in [0.05, 0.1) is 13.2 Å². The molecular weight excluding hydrogens is 280 g/mol. The lowest BCUT2D eigenvalue weighted by molar-refractivity contribution is 0.291. The van der Waals surface area contributed by atoms with Crippen molar-refractivity contribution in [3.63, 3.8) is 0 Å². The summed E-state index contributed by atoms with van der Waals surface area (Å²) in [6.07, 6.45) is 4.51. The normalized spacial score (nSPS) is 12.2. The van der Waals surface area contributed by atoms with Gasteiger partial charge in [0.1, 0.15) is 0 Å². The second-order valence-electron chi connectivity index (χ2n) is 4.33. The Balaban J connectivity index is 1.98. The average Bonchev–Trinajstić information content (AvgIpc) is 2.88.